The molecule has 1 saturated carbocycles. The van der Waals surface area contributed by atoms with Crippen LogP contribution in [0.4, 0.5) is 8.78 Å². The highest BCUT2D eigenvalue weighted by atomic mass is 19.1. The molecule has 0 radical (unpaired) electrons. The fourth-order valence-corrected chi connectivity index (χ4v) is 3.10. The monoisotopic (exact) mass is 311 g/mol. The van der Waals surface area contributed by atoms with E-state index >= 15 is 0 Å². The molecule has 0 aliphatic heterocycles. The van der Waals surface area contributed by atoms with Gasteiger partial charge in [0.05, 0.1) is 11.0 Å². The summed E-state index contributed by atoms with van der Waals surface area (Å²) in [4.78, 5) is 14.5. The Balaban J connectivity index is 2.35. The third kappa shape index (κ3) is 3.14. The molecule has 0 spiro atoms. The Labute approximate surface area is 129 Å². The molecular weight excluding hydrogens is 288 g/mol. The highest BCUT2D eigenvalue weighted by Gasteiger charge is 2.49. The Morgan fingerprint density at radius 2 is 2.00 bits per heavy atom. The quantitative estimate of drug-likeness (QED) is 0.908. The second kappa shape index (κ2) is 5.95. The van der Waals surface area contributed by atoms with Crippen molar-refractivity contribution in [1.29, 1.82) is 0 Å². The van der Waals surface area contributed by atoms with Crippen LogP contribution in [0.1, 0.15) is 45.6 Å². The van der Waals surface area contributed by atoms with E-state index in [1.807, 2.05) is 6.92 Å². The van der Waals surface area contributed by atoms with E-state index in [0.29, 0.717) is 19.4 Å². The molecule has 122 valence electrons. The van der Waals surface area contributed by atoms with Crippen LogP contribution in [0.5, 0.6) is 0 Å². The van der Waals surface area contributed by atoms with Crippen molar-refractivity contribution in [2.45, 2.75) is 51.0 Å². The molecule has 1 aliphatic rings. The van der Waals surface area contributed by atoms with Crippen molar-refractivity contribution in [3.05, 3.63) is 35.4 Å². The van der Waals surface area contributed by atoms with Crippen LogP contribution in [-0.4, -0.2) is 34.6 Å². The maximum absolute atomic E-state index is 14.2. The lowest BCUT2D eigenvalue weighted by Crippen LogP contribution is -2.54. The van der Waals surface area contributed by atoms with Crippen LogP contribution in [-0.2, 0) is 10.2 Å². The smallest absolute Gasteiger partial charge is 0.233 e. The second-order valence-electron chi connectivity index (χ2n) is 6.69. The number of benzene rings is 1. The zero-order valence-corrected chi connectivity index (χ0v) is 13.3. The Hall–Kier alpha value is -1.49. The van der Waals surface area contributed by atoms with Crippen molar-refractivity contribution in [2.24, 2.45) is 0 Å². The van der Waals surface area contributed by atoms with Gasteiger partial charge >= 0.3 is 0 Å². The highest BCUT2D eigenvalue weighted by Crippen LogP contribution is 2.46. The van der Waals surface area contributed by atoms with Gasteiger partial charge in [-0.1, -0.05) is 12.5 Å². The van der Waals surface area contributed by atoms with Crippen molar-refractivity contribution in [1.82, 2.24) is 4.90 Å². The highest BCUT2D eigenvalue weighted by molar-refractivity contribution is 5.89. The minimum Gasteiger partial charge on any atom is -0.389 e. The molecule has 5 heteroatoms. The summed E-state index contributed by atoms with van der Waals surface area (Å²) in [6, 6.07) is 3.40. The van der Waals surface area contributed by atoms with Gasteiger partial charge in [-0.05, 0) is 39.7 Å². The summed E-state index contributed by atoms with van der Waals surface area (Å²) in [6.07, 6.45) is 1.94. The van der Waals surface area contributed by atoms with Gasteiger partial charge in [0.15, 0.2) is 0 Å². The number of carbonyl (C=O) groups is 1. The molecule has 22 heavy (non-hydrogen) atoms. The van der Waals surface area contributed by atoms with E-state index in [0.717, 1.165) is 12.5 Å². The van der Waals surface area contributed by atoms with Crippen molar-refractivity contribution in [3.8, 4) is 0 Å². The first-order chi connectivity index (χ1) is 10.2. The average molecular weight is 311 g/mol. The summed E-state index contributed by atoms with van der Waals surface area (Å²) >= 11 is 0. The number of likely N-dealkylation sites (N-methyl/N-ethyl adjacent to an activating group) is 1. The Kier molecular flexibility index (Phi) is 4.57. The summed E-state index contributed by atoms with van der Waals surface area (Å²) < 4.78 is 27.3. The first-order valence-electron chi connectivity index (χ1n) is 7.67. The summed E-state index contributed by atoms with van der Waals surface area (Å²) in [5.41, 5.74) is -1.67. The molecule has 1 N–H and O–H groups in total. The van der Waals surface area contributed by atoms with Crippen molar-refractivity contribution < 1.29 is 18.7 Å². The summed E-state index contributed by atoms with van der Waals surface area (Å²) in [5, 5.41) is 9.97. The van der Waals surface area contributed by atoms with Crippen LogP contribution >= 0.6 is 0 Å². The molecule has 2 rings (SSSR count). The number of carbonyl (C=O) groups excluding carboxylic acids is 1. The molecule has 1 amide bonds. The van der Waals surface area contributed by atoms with Gasteiger partial charge in [-0.15, -0.1) is 0 Å². The van der Waals surface area contributed by atoms with Crippen molar-refractivity contribution >= 4 is 5.91 Å². The minimum absolute atomic E-state index is 0.186. The number of hydrogen-bond acceptors (Lipinski definition) is 2. The van der Waals surface area contributed by atoms with Crippen LogP contribution in [0.3, 0.4) is 0 Å². The van der Waals surface area contributed by atoms with Gasteiger partial charge in [0.2, 0.25) is 5.91 Å². The maximum atomic E-state index is 14.2. The van der Waals surface area contributed by atoms with Gasteiger partial charge in [-0.25, -0.2) is 8.78 Å². The molecule has 0 atom stereocenters. The van der Waals surface area contributed by atoms with Gasteiger partial charge < -0.3 is 10.0 Å². The van der Waals surface area contributed by atoms with Gasteiger partial charge in [0, 0.05) is 24.7 Å². The number of aliphatic hydroxyl groups is 1. The predicted octanol–water partition coefficient (Wildman–Crippen LogP) is 3.01. The van der Waals surface area contributed by atoms with Gasteiger partial charge in [-0.2, -0.15) is 0 Å². The number of hydrogen-bond donors (Lipinski definition) is 1. The van der Waals surface area contributed by atoms with E-state index in [4.69, 9.17) is 0 Å². The lowest BCUT2D eigenvalue weighted by atomic mass is 9.63. The third-order valence-electron chi connectivity index (χ3n) is 4.31. The first-order valence-corrected chi connectivity index (χ1v) is 7.67. The van der Waals surface area contributed by atoms with E-state index in [2.05, 4.69) is 0 Å². The topological polar surface area (TPSA) is 40.5 Å². The summed E-state index contributed by atoms with van der Waals surface area (Å²) in [6.45, 7) is 5.72. The van der Waals surface area contributed by atoms with Crippen LogP contribution < -0.4 is 0 Å². The first kappa shape index (κ1) is 16.9. The van der Waals surface area contributed by atoms with E-state index < -0.39 is 22.7 Å². The summed E-state index contributed by atoms with van der Waals surface area (Å²) in [5.74, 6) is -1.51. The molecule has 0 saturated heterocycles. The largest absolute Gasteiger partial charge is 0.389 e. The van der Waals surface area contributed by atoms with Crippen LogP contribution in [0.2, 0.25) is 0 Å². The number of amides is 1. The molecule has 0 aromatic heterocycles. The number of nitrogens with zero attached hydrogens (tertiary/aromatic N) is 1. The molecule has 1 aliphatic carbocycles. The van der Waals surface area contributed by atoms with E-state index in [1.165, 1.54) is 12.1 Å². The standard InChI is InChI=1S/C17H23F2NO2/c1-4-20(11-16(2,3)22)15(21)17(8-5-9-17)13-7-6-12(18)10-14(13)19/h6-7,10,22H,4-5,8-9,11H2,1-3H3. The lowest BCUT2D eigenvalue weighted by molar-refractivity contribution is -0.143. The second-order valence-corrected chi connectivity index (χ2v) is 6.69. The minimum atomic E-state index is -1.02. The van der Waals surface area contributed by atoms with Gasteiger partial charge in [0.1, 0.15) is 11.6 Å². The maximum Gasteiger partial charge on any atom is 0.233 e. The Morgan fingerprint density at radius 1 is 1.36 bits per heavy atom. The molecule has 3 nitrogen and oxygen atoms in total. The number of rotatable bonds is 5. The molecule has 0 unspecified atom stereocenters. The average Bonchev–Trinajstić information content (AvgIpc) is 2.35. The Morgan fingerprint density at radius 3 is 2.41 bits per heavy atom. The third-order valence-corrected chi connectivity index (χ3v) is 4.31. The molecule has 1 aromatic rings. The van der Waals surface area contributed by atoms with Crippen molar-refractivity contribution in [2.75, 3.05) is 13.1 Å². The SMILES string of the molecule is CCN(CC(C)(C)O)C(=O)C1(c2ccc(F)cc2F)CCC1. The van der Waals surface area contributed by atoms with E-state index in [9.17, 15) is 18.7 Å². The zero-order valence-electron chi connectivity index (χ0n) is 13.3. The van der Waals surface area contributed by atoms with Crippen molar-refractivity contribution in [3.63, 3.8) is 0 Å². The predicted molar refractivity (Wildman–Crippen MR) is 80.4 cm³/mol. The number of halogens is 2. The normalized spacial score (nSPS) is 17.0. The van der Waals surface area contributed by atoms with Crippen LogP contribution in [0.25, 0.3) is 0 Å². The summed E-state index contributed by atoms with van der Waals surface area (Å²) in [7, 11) is 0. The Bertz CT molecular complexity index is 562. The molecule has 0 heterocycles. The van der Waals surface area contributed by atoms with Crippen LogP contribution in [0, 0.1) is 11.6 Å². The fraction of sp³-hybridized carbons (Fsp3) is 0.588. The molecule has 1 aromatic carbocycles. The van der Waals surface area contributed by atoms with Gasteiger partial charge in [0.25, 0.3) is 0 Å². The lowest BCUT2D eigenvalue weighted by Gasteiger charge is -2.44. The van der Waals surface area contributed by atoms with E-state index in [-0.39, 0.29) is 18.0 Å². The van der Waals surface area contributed by atoms with E-state index in [1.54, 1.807) is 18.7 Å². The zero-order chi connectivity index (χ0) is 16.5. The molecule has 0 bridgehead atoms. The van der Waals surface area contributed by atoms with Gasteiger partial charge in [-0.3, -0.25) is 4.79 Å². The molecular formula is C17H23F2NO2. The molecule has 1 fully saturated rings. The van der Waals surface area contributed by atoms with Crippen LogP contribution in [0.15, 0.2) is 18.2 Å². The fourth-order valence-electron chi connectivity index (χ4n) is 3.10.